The van der Waals surface area contributed by atoms with Gasteiger partial charge in [-0.15, -0.1) is 0 Å². The molecular weight excluding hydrogens is 271 g/mol. The van der Waals surface area contributed by atoms with Crippen LogP contribution in [0.1, 0.15) is 24.2 Å². The highest BCUT2D eigenvalue weighted by atomic mass is 35.5. The summed E-state index contributed by atoms with van der Waals surface area (Å²) in [6.07, 6.45) is 0. The smallest absolute Gasteiger partial charge is 0.253 e. The molecule has 0 N–H and O–H groups in total. The normalized spacial score (nSPS) is 11.7. The van der Waals surface area contributed by atoms with Crippen molar-refractivity contribution >= 4 is 29.1 Å². The molecule has 0 fully saturated rings. The van der Waals surface area contributed by atoms with Crippen molar-refractivity contribution in [2.45, 2.75) is 13.8 Å². The Morgan fingerprint density at radius 1 is 1.44 bits per heavy atom. The lowest BCUT2D eigenvalue weighted by molar-refractivity contribution is 0.0752. The van der Waals surface area contributed by atoms with Gasteiger partial charge >= 0.3 is 0 Å². The molecule has 0 bridgehead atoms. The number of hydrogen-bond donors (Lipinski definition) is 0. The van der Waals surface area contributed by atoms with Crippen molar-refractivity contribution in [2.75, 3.05) is 13.1 Å². The van der Waals surface area contributed by atoms with E-state index in [1.165, 1.54) is 0 Å². The first-order valence-corrected chi connectivity index (χ1v) is 6.39. The number of benzene rings is 1. The minimum atomic E-state index is -0.198. The van der Waals surface area contributed by atoms with Crippen molar-refractivity contribution < 1.29 is 4.79 Å². The van der Waals surface area contributed by atoms with Crippen LogP contribution >= 0.6 is 23.2 Å². The lowest BCUT2D eigenvalue weighted by Crippen LogP contribution is -2.34. The van der Waals surface area contributed by atoms with Crippen molar-refractivity contribution in [3.05, 3.63) is 33.8 Å². The van der Waals surface area contributed by atoms with Crippen LogP contribution in [0.25, 0.3) is 0 Å². The van der Waals surface area contributed by atoms with Gasteiger partial charge in [0.25, 0.3) is 5.91 Å². The molecule has 0 spiro atoms. The van der Waals surface area contributed by atoms with E-state index in [0.29, 0.717) is 28.7 Å². The zero-order valence-corrected chi connectivity index (χ0v) is 11.8. The lowest BCUT2D eigenvalue weighted by atomic mass is 10.1. The first kappa shape index (κ1) is 14.8. The largest absolute Gasteiger partial charge is 0.338 e. The van der Waals surface area contributed by atoms with E-state index in [4.69, 9.17) is 28.5 Å². The fraction of sp³-hybridized carbons (Fsp3) is 0.385. The van der Waals surface area contributed by atoms with E-state index < -0.39 is 0 Å². The van der Waals surface area contributed by atoms with Gasteiger partial charge in [-0.3, -0.25) is 4.79 Å². The Morgan fingerprint density at radius 3 is 2.61 bits per heavy atom. The molecule has 18 heavy (non-hydrogen) atoms. The number of carbonyl (C=O) groups excluding carboxylic acids is 1. The molecule has 0 unspecified atom stereocenters. The van der Waals surface area contributed by atoms with Gasteiger partial charge in [0.15, 0.2) is 0 Å². The molecule has 0 aliphatic heterocycles. The summed E-state index contributed by atoms with van der Waals surface area (Å²) < 4.78 is 0. The van der Waals surface area contributed by atoms with Gasteiger partial charge in [-0.2, -0.15) is 5.26 Å². The number of halogens is 2. The van der Waals surface area contributed by atoms with E-state index in [2.05, 4.69) is 6.07 Å². The third kappa shape index (κ3) is 3.63. The molecular formula is C13H14Cl2N2O. The van der Waals surface area contributed by atoms with E-state index in [0.717, 1.165) is 0 Å². The molecule has 96 valence electrons. The quantitative estimate of drug-likeness (QED) is 0.848. The predicted molar refractivity (Wildman–Crippen MR) is 72.8 cm³/mol. The minimum absolute atomic E-state index is 0.141. The van der Waals surface area contributed by atoms with Gasteiger partial charge in [-0.05, 0) is 32.0 Å². The first-order chi connectivity index (χ1) is 8.49. The second-order valence-electron chi connectivity index (χ2n) is 4.00. The average Bonchev–Trinajstić information content (AvgIpc) is 2.38. The summed E-state index contributed by atoms with van der Waals surface area (Å²) in [5.41, 5.74) is 0.483. The van der Waals surface area contributed by atoms with Crippen LogP contribution in [0.4, 0.5) is 0 Å². The zero-order chi connectivity index (χ0) is 13.7. The van der Waals surface area contributed by atoms with Crippen LogP contribution in [0.5, 0.6) is 0 Å². The third-order valence-corrected chi connectivity index (χ3v) is 3.29. The Morgan fingerprint density at radius 2 is 2.11 bits per heavy atom. The van der Waals surface area contributed by atoms with Crippen LogP contribution in [-0.2, 0) is 0 Å². The Labute approximate surface area is 117 Å². The Kier molecular flexibility index (Phi) is 5.46. The molecule has 0 heterocycles. The monoisotopic (exact) mass is 284 g/mol. The average molecular weight is 285 g/mol. The Bertz CT molecular complexity index is 482. The predicted octanol–water partition coefficient (Wildman–Crippen LogP) is 3.62. The van der Waals surface area contributed by atoms with Crippen molar-refractivity contribution in [3.8, 4) is 6.07 Å². The Hall–Kier alpha value is -1.24. The standard InChI is InChI=1S/C13H14Cl2N2O/c1-3-17(8-9(2)7-16)13(18)10-4-5-11(14)12(15)6-10/h4-6,9H,3,8H2,1-2H3/t9-/m1/s1. The molecule has 0 aliphatic rings. The van der Waals surface area contributed by atoms with Crippen molar-refractivity contribution in [2.24, 2.45) is 5.92 Å². The summed E-state index contributed by atoms with van der Waals surface area (Å²) in [7, 11) is 0. The molecule has 3 nitrogen and oxygen atoms in total. The summed E-state index contributed by atoms with van der Waals surface area (Å²) in [5, 5.41) is 9.56. The van der Waals surface area contributed by atoms with Crippen LogP contribution in [-0.4, -0.2) is 23.9 Å². The van der Waals surface area contributed by atoms with E-state index in [1.807, 2.05) is 6.92 Å². The number of nitrogens with zero attached hydrogens (tertiary/aromatic N) is 2. The molecule has 1 atom stereocenters. The SMILES string of the molecule is CCN(C[C@H](C)C#N)C(=O)c1ccc(Cl)c(Cl)c1. The van der Waals surface area contributed by atoms with Crippen LogP contribution in [0.3, 0.4) is 0 Å². The molecule has 0 radical (unpaired) electrons. The first-order valence-electron chi connectivity index (χ1n) is 5.63. The van der Waals surface area contributed by atoms with Gasteiger partial charge in [0, 0.05) is 18.7 Å². The fourth-order valence-corrected chi connectivity index (χ4v) is 1.84. The molecule has 1 rings (SSSR count). The maximum atomic E-state index is 12.2. The number of rotatable bonds is 4. The molecule has 0 saturated heterocycles. The molecule has 0 aliphatic carbocycles. The van der Waals surface area contributed by atoms with Gasteiger partial charge in [0.2, 0.25) is 0 Å². The summed E-state index contributed by atoms with van der Waals surface area (Å²) >= 11 is 11.7. The van der Waals surface area contributed by atoms with Gasteiger partial charge in [-0.1, -0.05) is 23.2 Å². The van der Waals surface area contributed by atoms with Crippen LogP contribution in [0.2, 0.25) is 10.0 Å². The highest BCUT2D eigenvalue weighted by Gasteiger charge is 2.17. The van der Waals surface area contributed by atoms with Crippen LogP contribution in [0, 0.1) is 17.2 Å². The van der Waals surface area contributed by atoms with Crippen LogP contribution < -0.4 is 0 Å². The third-order valence-electron chi connectivity index (χ3n) is 2.55. The van der Waals surface area contributed by atoms with E-state index in [-0.39, 0.29) is 11.8 Å². The summed E-state index contributed by atoms with van der Waals surface area (Å²) in [6, 6.07) is 6.89. The molecule has 0 saturated carbocycles. The van der Waals surface area contributed by atoms with Crippen LogP contribution in [0.15, 0.2) is 18.2 Å². The maximum absolute atomic E-state index is 12.2. The number of hydrogen-bond acceptors (Lipinski definition) is 2. The van der Waals surface area contributed by atoms with Crippen molar-refractivity contribution in [1.29, 1.82) is 5.26 Å². The van der Waals surface area contributed by atoms with Gasteiger partial charge < -0.3 is 4.90 Å². The highest BCUT2D eigenvalue weighted by Crippen LogP contribution is 2.23. The van der Waals surface area contributed by atoms with Gasteiger partial charge in [-0.25, -0.2) is 0 Å². The second kappa shape index (κ2) is 6.63. The number of nitriles is 1. The Balaban J connectivity index is 2.90. The minimum Gasteiger partial charge on any atom is -0.338 e. The summed E-state index contributed by atoms with van der Waals surface area (Å²) in [5.74, 6) is -0.338. The summed E-state index contributed by atoms with van der Waals surface area (Å²) in [4.78, 5) is 13.8. The van der Waals surface area contributed by atoms with E-state index in [9.17, 15) is 4.79 Å². The second-order valence-corrected chi connectivity index (χ2v) is 4.82. The zero-order valence-electron chi connectivity index (χ0n) is 10.3. The number of amides is 1. The topological polar surface area (TPSA) is 44.1 Å². The van der Waals surface area contributed by atoms with Crippen molar-refractivity contribution in [3.63, 3.8) is 0 Å². The molecule has 0 aromatic heterocycles. The fourth-order valence-electron chi connectivity index (χ4n) is 1.54. The highest BCUT2D eigenvalue weighted by molar-refractivity contribution is 6.42. The molecule has 1 amide bonds. The maximum Gasteiger partial charge on any atom is 0.253 e. The van der Waals surface area contributed by atoms with E-state index >= 15 is 0 Å². The summed E-state index contributed by atoms with van der Waals surface area (Å²) in [6.45, 7) is 4.61. The van der Waals surface area contributed by atoms with Gasteiger partial charge in [0.05, 0.1) is 22.0 Å². The molecule has 1 aromatic carbocycles. The molecule has 1 aromatic rings. The van der Waals surface area contributed by atoms with Gasteiger partial charge in [0.1, 0.15) is 0 Å². The molecule has 5 heteroatoms. The number of carbonyl (C=O) groups is 1. The van der Waals surface area contributed by atoms with E-state index in [1.54, 1.807) is 30.0 Å². The van der Waals surface area contributed by atoms with Crippen molar-refractivity contribution in [1.82, 2.24) is 4.90 Å². The lowest BCUT2D eigenvalue weighted by Gasteiger charge is -2.22.